The molecule has 1 aliphatic heterocycles. The minimum Gasteiger partial charge on any atom is -0.377 e. The van der Waals surface area contributed by atoms with Crippen LogP contribution in [-0.4, -0.2) is 13.2 Å². The Hall–Kier alpha value is -0.860. The molecule has 0 aromatic heterocycles. The Balaban J connectivity index is 2.45. The van der Waals surface area contributed by atoms with Crippen LogP contribution in [0.4, 0.5) is 0 Å². The lowest BCUT2D eigenvalue weighted by atomic mass is 9.80. The highest BCUT2D eigenvalue weighted by atomic mass is 16.5. The Labute approximate surface area is 97.8 Å². The van der Waals surface area contributed by atoms with Crippen molar-refractivity contribution in [2.24, 2.45) is 5.73 Å². The monoisotopic (exact) mass is 219 g/mol. The number of aryl methyl sites for hydroxylation is 1. The molecule has 0 spiro atoms. The molecule has 1 aliphatic rings. The van der Waals surface area contributed by atoms with Gasteiger partial charge in [0.2, 0.25) is 0 Å². The van der Waals surface area contributed by atoms with Crippen LogP contribution in [0.2, 0.25) is 0 Å². The summed E-state index contributed by atoms with van der Waals surface area (Å²) in [6.45, 7) is 10.1. The van der Waals surface area contributed by atoms with Crippen LogP contribution in [0.1, 0.15) is 37.5 Å². The molecule has 0 atom stereocenters. The van der Waals surface area contributed by atoms with Gasteiger partial charge in [0.25, 0.3) is 0 Å². The van der Waals surface area contributed by atoms with E-state index in [0.29, 0.717) is 13.2 Å². The van der Waals surface area contributed by atoms with Gasteiger partial charge in [-0.1, -0.05) is 39.0 Å². The average molecular weight is 219 g/mol. The van der Waals surface area contributed by atoms with E-state index >= 15 is 0 Å². The van der Waals surface area contributed by atoms with Gasteiger partial charge in [0.05, 0.1) is 18.8 Å². The Morgan fingerprint density at radius 3 is 2.31 bits per heavy atom. The molecule has 0 unspecified atom stereocenters. The summed E-state index contributed by atoms with van der Waals surface area (Å²) in [5.74, 6) is 0. The van der Waals surface area contributed by atoms with Gasteiger partial charge in [-0.15, -0.1) is 0 Å². The van der Waals surface area contributed by atoms with Crippen molar-refractivity contribution >= 4 is 0 Å². The van der Waals surface area contributed by atoms with Gasteiger partial charge in [-0.2, -0.15) is 0 Å². The maximum absolute atomic E-state index is 6.31. The molecule has 88 valence electrons. The summed E-state index contributed by atoms with van der Waals surface area (Å²) >= 11 is 0. The average Bonchev–Trinajstić information content (AvgIpc) is 2.13. The van der Waals surface area contributed by atoms with Gasteiger partial charge in [-0.05, 0) is 29.0 Å². The smallest absolute Gasteiger partial charge is 0.0886 e. The van der Waals surface area contributed by atoms with Gasteiger partial charge in [-0.25, -0.2) is 0 Å². The Morgan fingerprint density at radius 2 is 1.88 bits per heavy atom. The first-order valence-electron chi connectivity index (χ1n) is 5.81. The van der Waals surface area contributed by atoms with Crippen LogP contribution in [0, 0.1) is 6.92 Å². The summed E-state index contributed by atoms with van der Waals surface area (Å²) < 4.78 is 5.25. The van der Waals surface area contributed by atoms with Crippen LogP contribution in [0.3, 0.4) is 0 Å². The van der Waals surface area contributed by atoms with Crippen LogP contribution in [0.25, 0.3) is 0 Å². The van der Waals surface area contributed by atoms with E-state index < -0.39 is 0 Å². The Bertz CT molecular complexity index is 400. The van der Waals surface area contributed by atoms with Crippen molar-refractivity contribution in [3.8, 4) is 0 Å². The van der Waals surface area contributed by atoms with Crippen molar-refractivity contribution in [3.05, 3.63) is 34.9 Å². The summed E-state index contributed by atoms with van der Waals surface area (Å²) in [6.07, 6.45) is 0. The van der Waals surface area contributed by atoms with Gasteiger partial charge in [-0.3, -0.25) is 0 Å². The fraction of sp³-hybridized carbons (Fsp3) is 0.571. The highest BCUT2D eigenvalue weighted by molar-refractivity contribution is 5.40. The highest BCUT2D eigenvalue weighted by Gasteiger charge is 2.37. The predicted molar refractivity (Wildman–Crippen MR) is 66.6 cm³/mol. The van der Waals surface area contributed by atoms with E-state index in [9.17, 15) is 0 Å². The third-order valence-corrected chi connectivity index (χ3v) is 3.36. The van der Waals surface area contributed by atoms with E-state index in [0.717, 1.165) is 0 Å². The Morgan fingerprint density at radius 1 is 1.25 bits per heavy atom. The van der Waals surface area contributed by atoms with E-state index in [-0.39, 0.29) is 11.0 Å². The molecular weight excluding hydrogens is 198 g/mol. The molecule has 0 amide bonds. The summed E-state index contributed by atoms with van der Waals surface area (Å²) in [7, 11) is 0. The van der Waals surface area contributed by atoms with E-state index in [1.165, 1.54) is 16.7 Å². The van der Waals surface area contributed by atoms with Gasteiger partial charge >= 0.3 is 0 Å². The molecule has 1 fully saturated rings. The third kappa shape index (κ3) is 1.87. The van der Waals surface area contributed by atoms with E-state index in [1.807, 2.05) is 0 Å². The first-order chi connectivity index (χ1) is 7.33. The molecule has 2 nitrogen and oxygen atoms in total. The fourth-order valence-corrected chi connectivity index (χ4v) is 2.10. The second-order valence-electron chi connectivity index (χ2n) is 5.93. The first kappa shape index (κ1) is 11.6. The highest BCUT2D eigenvalue weighted by Crippen LogP contribution is 2.32. The molecule has 1 heterocycles. The normalized spacial score (nSPS) is 19.3. The molecule has 0 radical (unpaired) electrons. The van der Waals surface area contributed by atoms with Gasteiger partial charge in [0.15, 0.2) is 0 Å². The van der Waals surface area contributed by atoms with Crippen molar-refractivity contribution < 1.29 is 4.74 Å². The van der Waals surface area contributed by atoms with Gasteiger partial charge in [0, 0.05) is 0 Å². The minimum atomic E-state index is -0.259. The summed E-state index contributed by atoms with van der Waals surface area (Å²) in [4.78, 5) is 0. The van der Waals surface area contributed by atoms with Crippen molar-refractivity contribution in [2.45, 2.75) is 38.6 Å². The molecule has 0 bridgehead atoms. The third-order valence-electron chi connectivity index (χ3n) is 3.36. The number of ether oxygens (including phenoxy) is 1. The lowest BCUT2D eigenvalue weighted by Gasteiger charge is -2.40. The second-order valence-corrected chi connectivity index (χ2v) is 5.93. The molecular formula is C14H21NO. The van der Waals surface area contributed by atoms with Crippen molar-refractivity contribution in [1.82, 2.24) is 0 Å². The van der Waals surface area contributed by atoms with Crippen molar-refractivity contribution in [1.29, 1.82) is 0 Å². The van der Waals surface area contributed by atoms with Crippen LogP contribution < -0.4 is 5.73 Å². The van der Waals surface area contributed by atoms with E-state index in [1.54, 1.807) is 0 Å². The van der Waals surface area contributed by atoms with Crippen LogP contribution in [0.5, 0.6) is 0 Å². The minimum absolute atomic E-state index is 0.170. The Kier molecular flexibility index (Phi) is 2.59. The summed E-state index contributed by atoms with van der Waals surface area (Å²) in [6, 6.07) is 6.61. The number of hydrogen-bond acceptors (Lipinski definition) is 2. The summed E-state index contributed by atoms with van der Waals surface area (Å²) in [5.41, 5.74) is 10.1. The molecule has 1 saturated heterocycles. The number of rotatable bonds is 1. The van der Waals surface area contributed by atoms with Gasteiger partial charge < -0.3 is 10.5 Å². The van der Waals surface area contributed by atoms with Crippen LogP contribution in [-0.2, 0) is 15.7 Å². The maximum atomic E-state index is 6.31. The fourth-order valence-electron chi connectivity index (χ4n) is 2.10. The molecule has 16 heavy (non-hydrogen) atoms. The van der Waals surface area contributed by atoms with E-state index in [2.05, 4.69) is 45.9 Å². The second kappa shape index (κ2) is 3.57. The lowest BCUT2D eigenvalue weighted by molar-refractivity contribution is -0.0572. The van der Waals surface area contributed by atoms with Crippen molar-refractivity contribution in [3.63, 3.8) is 0 Å². The largest absolute Gasteiger partial charge is 0.377 e. The zero-order valence-electron chi connectivity index (χ0n) is 10.6. The molecule has 1 aromatic rings. The van der Waals surface area contributed by atoms with Crippen molar-refractivity contribution in [2.75, 3.05) is 13.2 Å². The van der Waals surface area contributed by atoms with Crippen LogP contribution in [0.15, 0.2) is 18.2 Å². The maximum Gasteiger partial charge on any atom is 0.0886 e. The topological polar surface area (TPSA) is 35.2 Å². The standard InChI is InChI=1S/C14H21NO/c1-10-5-6-11(13(2,3)4)7-12(10)14(15)8-16-9-14/h5-7H,8-9,15H2,1-4H3. The molecule has 1 aromatic carbocycles. The molecule has 0 saturated carbocycles. The number of nitrogens with two attached hydrogens (primary N) is 1. The zero-order valence-corrected chi connectivity index (χ0v) is 10.6. The van der Waals surface area contributed by atoms with Crippen LogP contribution >= 0.6 is 0 Å². The molecule has 2 heteroatoms. The number of benzene rings is 1. The molecule has 2 N–H and O–H groups in total. The quantitative estimate of drug-likeness (QED) is 0.787. The summed E-state index contributed by atoms with van der Waals surface area (Å²) in [5, 5.41) is 0. The molecule has 0 aliphatic carbocycles. The molecule has 2 rings (SSSR count). The zero-order chi connectivity index (χ0) is 12.0. The SMILES string of the molecule is Cc1ccc(C(C)(C)C)cc1C1(N)COC1. The first-order valence-corrected chi connectivity index (χ1v) is 5.81. The van der Waals surface area contributed by atoms with E-state index in [4.69, 9.17) is 10.5 Å². The number of hydrogen-bond donors (Lipinski definition) is 1. The predicted octanol–water partition coefficient (Wildman–Crippen LogP) is 2.48. The lowest BCUT2D eigenvalue weighted by Crippen LogP contribution is -2.54. The van der Waals surface area contributed by atoms with Gasteiger partial charge in [0.1, 0.15) is 0 Å².